The molecule has 0 fully saturated rings. The van der Waals surface area contributed by atoms with E-state index in [1.54, 1.807) is 6.07 Å². The van der Waals surface area contributed by atoms with Crippen molar-refractivity contribution >= 4 is 26.6 Å². The number of H-pyrrole nitrogens is 1. The molecule has 0 aliphatic carbocycles. The van der Waals surface area contributed by atoms with Crippen LogP contribution in [-0.4, -0.2) is 24.9 Å². The zero-order chi connectivity index (χ0) is 20.5. The van der Waals surface area contributed by atoms with Crippen molar-refractivity contribution < 1.29 is 13.3 Å². The topological polar surface area (TPSA) is 122 Å². The highest BCUT2D eigenvalue weighted by atomic mass is 32.2. The predicted octanol–water partition coefficient (Wildman–Crippen LogP) is 2.57. The third-order valence-corrected chi connectivity index (χ3v) is 6.06. The maximum absolute atomic E-state index is 12.3. The van der Waals surface area contributed by atoms with Gasteiger partial charge in [0.15, 0.2) is 0 Å². The standard InChI is InChI=1S/C19H19N3O5S/c1-12-9-15-11-14(19(23)21-18(15)10-13(12)2)7-8-20-28(26,27)17-5-3-16(4-6-17)22(24)25/h3-6,9-11,20H,7-8H2,1-2H3,(H,21,23). The lowest BCUT2D eigenvalue weighted by Crippen LogP contribution is -2.27. The Bertz CT molecular complexity index is 1210. The van der Waals surface area contributed by atoms with Gasteiger partial charge in [0.1, 0.15) is 0 Å². The van der Waals surface area contributed by atoms with E-state index >= 15 is 0 Å². The molecule has 9 heteroatoms. The average Bonchev–Trinajstić information content (AvgIpc) is 2.64. The summed E-state index contributed by atoms with van der Waals surface area (Å²) in [6.07, 6.45) is 0.213. The van der Waals surface area contributed by atoms with Crippen LogP contribution in [0.4, 0.5) is 5.69 Å². The first kappa shape index (κ1) is 19.7. The number of aryl methyl sites for hydroxylation is 2. The van der Waals surface area contributed by atoms with E-state index in [4.69, 9.17) is 0 Å². The molecular formula is C19H19N3O5S. The molecule has 3 rings (SSSR count). The quantitative estimate of drug-likeness (QED) is 0.485. The summed E-state index contributed by atoms with van der Waals surface area (Å²) in [5, 5.41) is 11.5. The Labute approximate surface area is 161 Å². The van der Waals surface area contributed by atoms with E-state index in [0.29, 0.717) is 5.56 Å². The van der Waals surface area contributed by atoms with Gasteiger partial charge < -0.3 is 4.98 Å². The number of aromatic amines is 1. The lowest BCUT2D eigenvalue weighted by molar-refractivity contribution is -0.384. The molecule has 2 N–H and O–H groups in total. The van der Waals surface area contributed by atoms with Gasteiger partial charge in [-0.2, -0.15) is 0 Å². The Morgan fingerprint density at radius 1 is 1.07 bits per heavy atom. The van der Waals surface area contributed by atoms with Gasteiger partial charge in [-0.3, -0.25) is 14.9 Å². The van der Waals surface area contributed by atoms with E-state index < -0.39 is 14.9 Å². The number of benzene rings is 2. The lowest BCUT2D eigenvalue weighted by Gasteiger charge is -2.08. The molecule has 0 amide bonds. The second kappa shape index (κ2) is 7.53. The van der Waals surface area contributed by atoms with Crippen LogP contribution in [-0.2, 0) is 16.4 Å². The van der Waals surface area contributed by atoms with Gasteiger partial charge in [-0.05, 0) is 67.1 Å². The summed E-state index contributed by atoms with van der Waals surface area (Å²) in [6.45, 7) is 3.98. The van der Waals surface area contributed by atoms with Crippen LogP contribution in [0.25, 0.3) is 10.9 Å². The summed E-state index contributed by atoms with van der Waals surface area (Å²) in [6, 6.07) is 10.3. The number of pyridine rings is 1. The number of nitrogens with one attached hydrogen (secondary N) is 2. The van der Waals surface area contributed by atoms with E-state index in [9.17, 15) is 23.3 Å². The summed E-state index contributed by atoms with van der Waals surface area (Å²) < 4.78 is 27.0. The number of sulfonamides is 1. The van der Waals surface area contributed by atoms with Crippen molar-refractivity contribution in [1.29, 1.82) is 0 Å². The molecular weight excluding hydrogens is 382 g/mol. The molecule has 0 saturated carbocycles. The zero-order valence-electron chi connectivity index (χ0n) is 15.4. The lowest BCUT2D eigenvalue weighted by atomic mass is 10.0. The minimum Gasteiger partial charge on any atom is -0.322 e. The normalized spacial score (nSPS) is 11.6. The Morgan fingerprint density at radius 2 is 1.71 bits per heavy atom. The van der Waals surface area contributed by atoms with Crippen LogP contribution < -0.4 is 10.3 Å². The Hall–Kier alpha value is -3.04. The molecule has 0 unspecified atom stereocenters. The van der Waals surface area contributed by atoms with E-state index in [-0.39, 0.29) is 29.1 Å². The van der Waals surface area contributed by atoms with Crippen molar-refractivity contribution in [1.82, 2.24) is 9.71 Å². The van der Waals surface area contributed by atoms with E-state index in [1.807, 2.05) is 26.0 Å². The number of nitrogens with zero attached hydrogens (tertiary/aromatic N) is 1. The number of non-ortho nitro benzene ring substituents is 1. The minimum atomic E-state index is -3.83. The molecule has 3 aromatic rings. The van der Waals surface area contributed by atoms with Crippen LogP contribution in [0.1, 0.15) is 16.7 Å². The van der Waals surface area contributed by atoms with Crippen LogP contribution in [0.3, 0.4) is 0 Å². The number of aromatic nitrogens is 1. The fourth-order valence-corrected chi connectivity index (χ4v) is 3.89. The molecule has 0 aliphatic heterocycles. The Morgan fingerprint density at radius 3 is 2.36 bits per heavy atom. The van der Waals surface area contributed by atoms with Crippen molar-refractivity contribution in [3.05, 3.63) is 79.6 Å². The number of nitro groups is 1. The predicted molar refractivity (Wildman–Crippen MR) is 106 cm³/mol. The highest BCUT2D eigenvalue weighted by molar-refractivity contribution is 7.89. The summed E-state index contributed by atoms with van der Waals surface area (Å²) in [5.74, 6) is 0. The van der Waals surface area contributed by atoms with Gasteiger partial charge in [0.2, 0.25) is 10.0 Å². The van der Waals surface area contributed by atoms with Crippen molar-refractivity contribution in [2.24, 2.45) is 0 Å². The van der Waals surface area contributed by atoms with E-state index in [1.165, 1.54) is 12.1 Å². The highest BCUT2D eigenvalue weighted by Crippen LogP contribution is 2.18. The molecule has 0 aliphatic rings. The van der Waals surface area contributed by atoms with Gasteiger partial charge in [-0.1, -0.05) is 0 Å². The van der Waals surface area contributed by atoms with Crippen LogP contribution in [0.5, 0.6) is 0 Å². The zero-order valence-corrected chi connectivity index (χ0v) is 16.2. The summed E-state index contributed by atoms with van der Waals surface area (Å²) in [7, 11) is -3.83. The number of nitro benzene ring substituents is 1. The van der Waals surface area contributed by atoms with E-state index in [0.717, 1.165) is 34.2 Å². The number of rotatable bonds is 6. The molecule has 0 saturated heterocycles. The van der Waals surface area contributed by atoms with Crippen LogP contribution in [0.2, 0.25) is 0 Å². The molecule has 2 aromatic carbocycles. The van der Waals surface area contributed by atoms with E-state index in [2.05, 4.69) is 9.71 Å². The molecule has 1 aromatic heterocycles. The Balaban J connectivity index is 1.75. The SMILES string of the molecule is Cc1cc2cc(CCNS(=O)(=O)c3ccc([N+](=O)[O-])cc3)c(=O)[nH]c2cc1C. The first-order valence-electron chi connectivity index (χ1n) is 8.54. The molecule has 28 heavy (non-hydrogen) atoms. The second-order valence-corrected chi connectivity index (χ2v) is 8.31. The molecule has 0 spiro atoms. The van der Waals surface area contributed by atoms with Gasteiger partial charge in [0, 0.05) is 29.8 Å². The fraction of sp³-hybridized carbons (Fsp3) is 0.211. The van der Waals surface area contributed by atoms with Crippen molar-refractivity contribution in [2.45, 2.75) is 25.2 Å². The maximum Gasteiger partial charge on any atom is 0.269 e. The number of fused-ring (bicyclic) bond motifs is 1. The van der Waals surface area contributed by atoms with Gasteiger partial charge in [0.25, 0.3) is 11.2 Å². The summed E-state index contributed by atoms with van der Waals surface area (Å²) in [4.78, 5) is 25.1. The second-order valence-electron chi connectivity index (χ2n) is 6.55. The number of hydrogen-bond donors (Lipinski definition) is 2. The van der Waals surface area contributed by atoms with Crippen molar-refractivity contribution in [3.63, 3.8) is 0 Å². The number of hydrogen-bond acceptors (Lipinski definition) is 5. The van der Waals surface area contributed by atoms with Crippen molar-refractivity contribution in [2.75, 3.05) is 6.54 Å². The average molecular weight is 401 g/mol. The maximum atomic E-state index is 12.3. The minimum absolute atomic E-state index is 0.0265. The first-order valence-corrected chi connectivity index (χ1v) is 10.0. The summed E-state index contributed by atoms with van der Waals surface area (Å²) in [5.41, 5.74) is 2.94. The van der Waals surface area contributed by atoms with Gasteiger partial charge in [-0.15, -0.1) is 0 Å². The molecule has 0 bridgehead atoms. The largest absolute Gasteiger partial charge is 0.322 e. The monoisotopic (exact) mass is 401 g/mol. The van der Waals surface area contributed by atoms with Gasteiger partial charge >= 0.3 is 0 Å². The van der Waals surface area contributed by atoms with Crippen LogP contribution in [0.15, 0.2) is 52.2 Å². The highest BCUT2D eigenvalue weighted by Gasteiger charge is 2.16. The van der Waals surface area contributed by atoms with Gasteiger partial charge in [0.05, 0.1) is 9.82 Å². The van der Waals surface area contributed by atoms with Crippen LogP contribution in [0, 0.1) is 24.0 Å². The fourth-order valence-electron chi connectivity index (χ4n) is 2.86. The molecule has 0 atom stereocenters. The molecule has 146 valence electrons. The Kier molecular flexibility index (Phi) is 5.30. The smallest absolute Gasteiger partial charge is 0.269 e. The first-order chi connectivity index (χ1) is 13.2. The summed E-state index contributed by atoms with van der Waals surface area (Å²) >= 11 is 0. The third-order valence-electron chi connectivity index (χ3n) is 4.58. The molecule has 1 heterocycles. The van der Waals surface area contributed by atoms with Crippen molar-refractivity contribution in [3.8, 4) is 0 Å². The molecule has 8 nitrogen and oxygen atoms in total. The van der Waals surface area contributed by atoms with Crippen LogP contribution >= 0.6 is 0 Å². The van der Waals surface area contributed by atoms with Gasteiger partial charge in [-0.25, -0.2) is 13.1 Å². The third kappa shape index (κ3) is 4.10. The molecule has 0 radical (unpaired) electrons.